The molecule has 1 unspecified atom stereocenters. The van der Waals surface area contributed by atoms with Gasteiger partial charge in [0.1, 0.15) is 11.9 Å². The molecule has 2 N–H and O–H groups in total. The van der Waals surface area contributed by atoms with Crippen LogP contribution in [0.3, 0.4) is 0 Å². The molecule has 0 fully saturated rings. The Bertz CT molecular complexity index is 721. The summed E-state index contributed by atoms with van der Waals surface area (Å²) in [6.45, 7) is 6.81. The predicted molar refractivity (Wildman–Crippen MR) is 105 cm³/mol. The van der Waals surface area contributed by atoms with E-state index in [0.29, 0.717) is 6.54 Å². The molecule has 0 aromatic heterocycles. The zero-order chi connectivity index (χ0) is 19.2. The average Bonchev–Trinajstić information content (AvgIpc) is 2.62. The van der Waals surface area contributed by atoms with Crippen LogP contribution in [0.25, 0.3) is 0 Å². The van der Waals surface area contributed by atoms with Crippen LogP contribution < -0.4 is 15.4 Å². The standard InChI is InChI=1S/C21H28N2O3/c1-21(2,3)15-10-12-16(13-11-15)23-20(24)22-14-19(26-5)17-8-6-7-9-18(17)25-4/h6-13,19H,14H2,1-5H3,(H2,22,23,24). The SMILES string of the molecule is COc1ccccc1C(CNC(=O)Nc1ccc(C(C)(C)C)cc1)OC. The smallest absolute Gasteiger partial charge is 0.319 e. The fourth-order valence-corrected chi connectivity index (χ4v) is 2.67. The lowest BCUT2D eigenvalue weighted by molar-refractivity contribution is 0.102. The van der Waals surface area contributed by atoms with Gasteiger partial charge in [-0.05, 0) is 29.2 Å². The van der Waals surface area contributed by atoms with Crippen LogP contribution in [0.5, 0.6) is 5.75 Å². The van der Waals surface area contributed by atoms with Gasteiger partial charge in [-0.3, -0.25) is 0 Å². The van der Waals surface area contributed by atoms with Crippen molar-refractivity contribution >= 4 is 11.7 Å². The van der Waals surface area contributed by atoms with Crippen LogP contribution in [-0.4, -0.2) is 26.8 Å². The molecular formula is C21H28N2O3. The van der Waals surface area contributed by atoms with Crippen molar-refractivity contribution in [2.75, 3.05) is 26.1 Å². The molecule has 2 amide bonds. The molecule has 2 aromatic rings. The first kappa shape index (κ1) is 19.8. The van der Waals surface area contributed by atoms with Crippen LogP contribution in [0, 0.1) is 0 Å². The lowest BCUT2D eigenvalue weighted by atomic mass is 9.87. The highest BCUT2D eigenvalue weighted by atomic mass is 16.5. The summed E-state index contributed by atoms with van der Waals surface area (Å²) < 4.78 is 10.9. The molecule has 1 atom stereocenters. The minimum Gasteiger partial charge on any atom is -0.496 e. The van der Waals surface area contributed by atoms with Gasteiger partial charge in [-0.15, -0.1) is 0 Å². The quantitative estimate of drug-likeness (QED) is 0.801. The van der Waals surface area contributed by atoms with Crippen LogP contribution >= 0.6 is 0 Å². The van der Waals surface area contributed by atoms with E-state index in [-0.39, 0.29) is 17.6 Å². The summed E-state index contributed by atoms with van der Waals surface area (Å²) in [6.07, 6.45) is -0.292. The fraction of sp³-hybridized carbons (Fsp3) is 0.381. The molecule has 0 heterocycles. The van der Waals surface area contributed by atoms with E-state index >= 15 is 0 Å². The third-order valence-electron chi connectivity index (χ3n) is 4.23. The van der Waals surface area contributed by atoms with Gasteiger partial charge in [0.15, 0.2) is 0 Å². The number of nitrogens with one attached hydrogen (secondary N) is 2. The summed E-state index contributed by atoms with van der Waals surface area (Å²) in [5.41, 5.74) is 2.95. The molecule has 0 spiro atoms. The molecule has 0 saturated heterocycles. The Morgan fingerprint density at radius 2 is 1.69 bits per heavy atom. The van der Waals surface area contributed by atoms with Gasteiger partial charge < -0.3 is 20.1 Å². The molecule has 5 heteroatoms. The zero-order valence-corrected chi connectivity index (χ0v) is 16.1. The molecular weight excluding hydrogens is 328 g/mol. The summed E-state index contributed by atoms with van der Waals surface area (Å²) in [5, 5.41) is 5.69. The van der Waals surface area contributed by atoms with Crippen LogP contribution in [0.2, 0.25) is 0 Å². The van der Waals surface area contributed by atoms with Crippen molar-refractivity contribution in [2.45, 2.75) is 32.3 Å². The number of benzene rings is 2. The average molecular weight is 356 g/mol. The van der Waals surface area contributed by atoms with E-state index in [0.717, 1.165) is 17.0 Å². The van der Waals surface area contributed by atoms with Crippen LogP contribution in [-0.2, 0) is 10.2 Å². The van der Waals surface area contributed by atoms with Crippen molar-refractivity contribution in [1.82, 2.24) is 5.32 Å². The Morgan fingerprint density at radius 3 is 2.27 bits per heavy atom. The zero-order valence-electron chi connectivity index (χ0n) is 16.1. The second-order valence-electron chi connectivity index (χ2n) is 7.13. The molecule has 140 valence electrons. The van der Waals surface area contributed by atoms with E-state index in [1.54, 1.807) is 14.2 Å². The van der Waals surface area contributed by atoms with Crippen LogP contribution in [0.15, 0.2) is 48.5 Å². The molecule has 0 aliphatic carbocycles. The summed E-state index contributed by atoms with van der Waals surface area (Å²) in [5.74, 6) is 0.735. The first-order valence-electron chi connectivity index (χ1n) is 8.66. The predicted octanol–water partition coefficient (Wildman–Crippen LogP) is 4.50. The van der Waals surface area contributed by atoms with Crippen LogP contribution in [0.4, 0.5) is 10.5 Å². The summed E-state index contributed by atoms with van der Waals surface area (Å²) in [6, 6.07) is 15.2. The lowest BCUT2D eigenvalue weighted by Crippen LogP contribution is -2.33. The fourth-order valence-electron chi connectivity index (χ4n) is 2.67. The maximum Gasteiger partial charge on any atom is 0.319 e. The van der Waals surface area contributed by atoms with E-state index in [1.165, 1.54) is 5.56 Å². The van der Waals surface area contributed by atoms with E-state index in [9.17, 15) is 4.79 Å². The number of amides is 2. The van der Waals surface area contributed by atoms with Gasteiger partial charge in [0.2, 0.25) is 0 Å². The summed E-state index contributed by atoms with van der Waals surface area (Å²) in [7, 11) is 3.23. The molecule has 5 nitrogen and oxygen atoms in total. The number of urea groups is 1. The number of para-hydroxylation sites is 1. The molecule has 26 heavy (non-hydrogen) atoms. The maximum atomic E-state index is 12.2. The molecule has 0 aliphatic rings. The van der Waals surface area contributed by atoms with Crippen molar-refractivity contribution in [3.05, 3.63) is 59.7 Å². The highest BCUT2D eigenvalue weighted by molar-refractivity contribution is 5.89. The normalized spacial score (nSPS) is 12.3. The van der Waals surface area contributed by atoms with Gasteiger partial charge in [-0.25, -0.2) is 4.79 Å². The Hall–Kier alpha value is -2.53. The van der Waals surface area contributed by atoms with Gasteiger partial charge in [-0.2, -0.15) is 0 Å². The summed E-state index contributed by atoms with van der Waals surface area (Å²) in [4.78, 5) is 12.2. The van der Waals surface area contributed by atoms with Gasteiger partial charge in [0.25, 0.3) is 0 Å². The highest BCUT2D eigenvalue weighted by Gasteiger charge is 2.17. The third-order valence-corrected chi connectivity index (χ3v) is 4.23. The van der Waals surface area contributed by atoms with E-state index in [4.69, 9.17) is 9.47 Å². The van der Waals surface area contributed by atoms with Gasteiger partial charge in [0, 0.05) is 24.9 Å². The number of hydrogen-bond acceptors (Lipinski definition) is 3. The largest absolute Gasteiger partial charge is 0.496 e. The maximum absolute atomic E-state index is 12.2. The van der Waals surface area contributed by atoms with Gasteiger partial charge in [-0.1, -0.05) is 51.1 Å². The van der Waals surface area contributed by atoms with E-state index in [2.05, 4.69) is 31.4 Å². The molecule has 0 saturated carbocycles. The second-order valence-corrected chi connectivity index (χ2v) is 7.13. The van der Waals surface area contributed by atoms with E-state index < -0.39 is 0 Å². The Kier molecular flexibility index (Phi) is 6.64. The Labute approximate surface area is 155 Å². The van der Waals surface area contributed by atoms with Crippen molar-refractivity contribution < 1.29 is 14.3 Å². The number of anilines is 1. The van der Waals surface area contributed by atoms with Crippen molar-refractivity contribution in [3.63, 3.8) is 0 Å². The number of hydrogen-bond donors (Lipinski definition) is 2. The minimum absolute atomic E-state index is 0.0845. The number of rotatable bonds is 6. The topological polar surface area (TPSA) is 59.6 Å². The third kappa shape index (κ3) is 5.23. The Balaban J connectivity index is 1.95. The first-order valence-corrected chi connectivity index (χ1v) is 8.66. The van der Waals surface area contributed by atoms with Gasteiger partial charge >= 0.3 is 6.03 Å². The van der Waals surface area contributed by atoms with Crippen molar-refractivity contribution in [2.24, 2.45) is 0 Å². The number of carbonyl (C=O) groups excluding carboxylic acids is 1. The molecule has 2 aromatic carbocycles. The number of ether oxygens (including phenoxy) is 2. The monoisotopic (exact) mass is 356 g/mol. The lowest BCUT2D eigenvalue weighted by Gasteiger charge is -2.20. The van der Waals surface area contributed by atoms with E-state index in [1.807, 2.05) is 48.5 Å². The number of methoxy groups -OCH3 is 2. The van der Waals surface area contributed by atoms with Crippen molar-refractivity contribution in [3.8, 4) is 5.75 Å². The second kappa shape index (κ2) is 8.72. The highest BCUT2D eigenvalue weighted by Crippen LogP contribution is 2.26. The molecule has 0 aliphatic heterocycles. The summed E-state index contributed by atoms with van der Waals surface area (Å²) >= 11 is 0. The van der Waals surface area contributed by atoms with Gasteiger partial charge in [0.05, 0.1) is 7.11 Å². The molecule has 2 rings (SSSR count). The molecule has 0 bridgehead atoms. The number of carbonyl (C=O) groups is 1. The minimum atomic E-state index is -0.292. The van der Waals surface area contributed by atoms with Crippen LogP contribution in [0.1, 0.15) is 38.0 Å². The Morgan fingerprint density at radius 1 is 1.04 bits per heavy atom. The molecule has 0 radical (unpaired) electrons. The van der Waals surface area contributed by atoms with Crippen molar-refractivity contribution in [1.29, 1.82) is 0 Å². The first-order chi connectivity index (χ1) is 12.3.